The fourth-order valence-corrected chi connectivity index (χ4v) is 2.44. The maximum Gasteiger partial charge on any atom is 0.242 e. The van der Waals surface area contributed by atoms with E-state index in [1.165, 1.54) is 12.1 Å². The first-order valence-corrected chi connectivity index (χ1v) is 7.93. The molecule has 5 nitrogen and oxygen atoms in total. The van der Waals surface area contributed by atoms with Crippen LogP contribution in [0.2, 0.25) is 0 Å². The van der Waals surface area contributed by atoms with Crippen molar-refractivity contribution in [2.75, 3.05) is 14.1 Å². The van der Waals surface area contributed by atoms with E-state index in [9.17, 15) is 9.18 Å². The van der Waals surface area contributed by atoms with Crippen molar-refractivity contribution >= 4 is 5.91 Å². The van der Waals surface area contributed by atoms with Gasteiger partial charge in [0.15, 0.2) is 0 Å². The Morgan fingerprint density at radius 1 is 1.29 bits per heavy atom. The Bertz CT molecular complexity index is 686. The van der Waals surface area contributed by atoms with Crippen molar-refractivity contribution in [3.8, 4) is 0 Å². The Labute approximate surface area is 142 Å². The summed E-state index contributed by atoms with van der Waals surface area (Å²) in [6.07, 6.45) is 0. The van der Waals surface area contributed by atoms with E-state index in [0.717, 1.165) is 17.0 Å². The molecule has 0 bridgehead atoms. The number of nitrogens with zero attached hydrogens (tertiary/aromatic N) is 2. The second kappa shape index (κ2) is 7.13. The van der Waals surface area contributed by atoms with Crippen LogP contribution in [0.1, 0.15) is 43.8 Å². The van der Waals surface area contributed by atoms with Crippen LogP contribution in [0.15, 0.2) is 30.3 Å². The molecule has 2 rings (SSSR count). The molecule has 1 aromatic carbocycles. The minimum absolute atomic E-state index is 0.0426. The van der Waals surface area contributed by atoms with Crippen molar-refractivity contribution < 1.29 is 9.18 Å². The molecule has 24 heavy (non-hydrogen) atoms. The van der Waals surface area contributed by atoms with Gasteiger partial charge in [-0.25, -0.2) is 4.39 Å². The summed E-state index contributed by atoms with van der Waals surface area (Å²) in [5.41, 5.74) is 2.51. The summed E-state index contributed by atoms with van der Waals surface area (Å²) in [7, 11) is 3.64. The summed E-state index contributed by atoms with van der Waals surface area (Å²) in [6, 6.07) is 7.48. The highest BCUT2D eigenvalue weighted by Gasteiger charge is 2.23. The van der Waals surface area contributed by atoms with Crippen LogP contribution < -0.4 is 5.32 Å². The van der Waals surface area contributed by atoms with Gasteiger partial charge in [-0.2, -0.15) is 5.10 Å². The van der Waals surface area contributed by atoms with Gasteiger partial charge in [0.25, 0.3) is 0 Å². The third-order valence-corrected chi connectivity index (χ3v) is 3.80. The number of amides is 1. The average molecular weight is 332 g/mol. The van der Waals surface area contributed by atoms with Crippen molar-refractivity contribution in [3.05, 3.63) is 53.1 Å². The average Bonchev–Trinajstić information content (AvgIpc) is 2.96. The summed E-state index contributed by atoms with van der Waals surface area (Å²) in [6.45, 7) is 6.62. The zero-order valence-electron chi connectivity index (χ0n) is 14.9. The molecule has 0 spiro atoms. The molecule has 0 saturated heterocycles. The second-order valence-corrected chi connectivity index (χ2v) is 7.16. The lowest BCUT2D eigenvalue weighted by atomic mass is 9.92. The Hall–Kier alpha value is -2.21. The molecule has 130 valence electrons. The quantitative estimate of drug-likeness (QED) is 0.885. The summed E-state index contributed by atoms with van der Waals surface area (Å²) in [4.78, 5) is 14.4. The van der Waals surface area contributed by atoms with Gasteiger partial charge in [-0.1, -0.05) is 32.9 Å². The van der Waals surface area contributed by atoms with E-state index in [1.54, 1.807) is 17.0 Å². The zero-order valence-corrected chi connectivity index (χ0v) is 14.9. The molecule has 2 aromatic rings. The number of benzene rings is 1. The van der Waals surface area contributed by atoms with Crippen LogP contribution in [0.25, 0.3) is 0 Å². The number of nitrogens with one attached hydrogen (secondary N) is 2. The highest BCUT2D eigenvalue weighted by atomic mass is 19.1. The van der Waals surface area contributed by atoms with Gasteiger partial charge in [0.2, 0.25) is 5.91 Å². The van der Waals surface area contributed by atoms with Crippen LogP contribution in [-0.4, -0.2) is 35.1 Å². The van der Waals surface area contributed by atoms with Gasteiger partial charge in [0.1, 0.15) is 11.9 Å². The van der Waals surface area contributed by atoms with Gasteiger partial charge >= 0.3 is 0 Å². The molecule has 0 aliphatic heterocycles. The summed E-state index contributed by atoms with van der Waals surface area (Å²) in [5.74, 6) is -0.456. The highest BCUT2D eigenvalue weighted by molar-refractivity contribution is 5.83. The topological polar surface area (TPSA) is 61.0 Å². The Morgan fingerprint density at radius 3 is 2.42 bits per heavy atom. The highest BCUT2D eigenvalue weighted by Crippen LogP contribution is 2.21. The molecular formula is C18H25FN4O. The van der Waals surface area contributed by atoms with Crippen molar-refractivity contribution in [3.63, 3.8) is 0 Å². The van der Waals surface area contributed by atoms with Gasteiger partial charge < -0.3 is 5.32 Å². The lowest BCUT2D eigenvalue weighted by molar-refractivity contribution is -0.126. The summed E-state index contributed by atoms with van der Waals surface area (Å²) >= 11 is 0. The van der Waals surface area contributed by atoms with E-state index in [2.05, 4.69) is 36.3 Å². The van der Waals surface area contributed by atoms with E-state index in [4.69, 9.17) is 0 Å². The number of likely N-dealkylation sites (N-methyl/N-ethyl adjacent to an activating group) is 1. The van der Waals surface area contributed by atoms with Gasteiger partial charge in [0, 0.05) is 5.41 Å². The number of hydrogen-bond donors (Lipinski definition) is 2. The molecule has 1 aromatic heterocycles. The van der Waals surface area contributed by atoms with Crippen LogP contribution in [-0.2, 0) is 16.8 Å². The van der Waals surface area contributed by atoms with Gasteiger partial charge in [-0.05, 0) is 37.9 Å². The Kier molecular flexibility index (Phi) is 5.39. The molecule has 0 unspecified atom stereocenters. The molecule has 6 heteroatoms. The van der Waals surface area contributed by atoms with Crippen LogP contribution in [0.4, 0.5) is 4.39 Å². The minimum Gasteiger partial charge on any atom is -0.349 e. The van der Waals surface area contributed by atoms with Crippen molar-refractivity contribution in [2.24, 2.45) is 0 Å². The molecule has 0 radical (unpaired) electrons. The fourth-order valence-electron chi connectivity index (χ4n) is 2.44. The van der Waals surface area contributed by atoms with Crippen molar-refractivity contribution in [2.45, 2.75) is 38.8 Å². The van der Waals surface area contributed by atoms with Gasteiger partial charge in [-0.3, -0.25) is 14.8 Å². The predicted octanol–water partition coefficient (Wildman–Crippen LogP) is 2.77. The Balaban J connectivity index is 2.06. The van der Waals surface area contributed by atoms with E-state index < -0.39 is 6.04 Å². The number of rotatable bonds is 5. The number of aromatic amines is 1. The SMILES string of the molecule is CN(C)[C@@H](C(=O)NCc1cc(C(C)(C)C)n[nH]1)c1ccc(F)cc1. The standard InChI is InChI=1S/C18H25FN4O/c1-18(2,3)15-10-14(21-22-15)11-20-17(24)16(23(4)5)12-6-8-13(19)9-7-12/h6-10,16H,11H2,1-5H3,(H,20,24)(H,21,22)/t16-/m1/s1. The molecule has 2 N–H and O–H groups in total. The smallest absolute Gasteiger partial charge is 0.242 e. The second-order valence-electron chi connectivity index (χ2n) is 7.16. The van der Waals surface area contributed by atoms with Crippen LogP contribution >= 0.6 is 0 Å². The predicted molar refractivity (Wildman–Crippen MR) is 92.0 cm³/mol. The molecular weight excluding hydrogens is 307 g/mol. The first-order valence-electron chi connectivity index (χ1n) is 7.93. The fraction of sp³-hybridized carbons (Fsp3) is 0.444. The molecule has 1 heterocycles. The third-order valence-electron chi connectivity index (χ3n) is 3.80. The third kappa shape index (κ3) is 4.41. The number of halogens is 1. The number of carbonyl (C=O) groups excluding carboxylic acids is 1. The molecule has 0 fully saturated rings. The normalized spacial score (nSPS) is 13.1. The minimum atomic E-state index is -0.476. The first-order chi connectivity index (χ1) is 11.2. The lowest BCUT2D eigenvalue weighted by Crippen LogP contribution is -2.36. The first kappa shape index (κ1) is 18.1. The zero-order chi connectivity index (χ0) is 17.9. The maximum absolute atomic E-state index is 13.1. The number of hydrogen-bond acceptors (Lipinski definition) is 3. The summed E-state index contributed by atoms with van der Waals surface area (Å²) in [5, 5.41) is 10.2. The Morgan fingerprint density at radius 2 is 1.92 bits per heavy atom. The maximum atomic E-state index is 13.1. The van der Waals surface area contributed by atoms with Crippen LogP contribution in [0, 0.1) is 5.82 Å². The van der Waals surface area contributed by atoms with E-state index in [-0.39, 0.29) is 17.1 Å². The molecule has 0 aliphatic rings. The van der Waals surface area contributed by atoms with Crippen molar-refractivity contribution in [1.82, 2.24) is 20.4 Å². The van der Waals surface area contributed by atoms with Crippen LogP contribution in [0.5, 0.6) is 0 Å². The molecule has 0 aliphatic carbocycles. The van der Waals surface area contributed by atoms with Gasteiger partial charge in [0.05, 0.1) is 17.9 Å². The largest absolute Gasteiger partial charge is 0.349 e. The molecule has 0 saturated carbocycles. The monoisotopic (exact) mass is 332 g/mol. The lowest BCUT2D eigenvalue weighted by Gasteiger charge is -2.23. The number of carbonyl (C=O) groups is 1. The van der Waals surface area contributed by atoms with E-state index >= 15 is 0 Å². The van der Waals surface area contributed by atoms with Crippen LogP contribution in [0.3, 0.4) is 0 Å². The van der Waals surface area contributed by atoms with E-state index in [0.29, 0.717) is 6.54 Å². The number of aromatic nitrogens is 2. The number of H-pyrrole nitrogens is 1. The summed E-state index contributed by atoms with van der Waals surface area (Å²) < 4.78 is 13.1. The molecule has 1 amide bonds. The van der Waals surface area contributed by atoms with Gasteiger partial charge in [-0.15, -0.1) is 0 Å². The van der Waals surface area contributed by atoms with Crippen molar-refractivity contribution in [1.29, 1.82) is 0 Å². The molecule has 1 atom stereocenters. The van der Waals surface area contributed by atoms with E-state index in [1.807, 2.05) is 20.2 Å².